The summed E-state index contributed by atoms with van der Waals surface area (Å²) in [4.78, 5) is 23.1. The number of nitrogens with one attached hydrogen (secondary N) is 2. The fraction of sp³-hybridized carbons (Fsp3) is 0.176. The molecule has 6 heteroatoms. The van der Waals surface area contributed by atoms with E-state index in [2.05, 4.69) is 10.6 Å². The molecule has 1 aromatic heterocycles. The molecule has 2 rings (SSSR count). The molecule has 1 heterocycles. The van der Waals surface area contributed by atoms with Crippen molar-refractivity contribution >= 4 is 17.9 Å². The summed E-state index contributed by atoms with van der Waals surface area (Å²) in [5.74, 6) is -0.0877. The lowest BCUT2D eigenvalue weighted by molar-refractivity contribution is -0.116. The monoisotopic (exact) mass is 314 g/mol. The molecule has 0 saturated carbocycles. The van der Waals surface area contributed by atoms with Gasteiger partial charge in [-0.1, -0.05) is 12.1 Å². The van der Waals surface area contributed by atoms with Crippen molar-refractivity contribution < 1.29 is 19.1 Å². The number of aliphatic hydroxyl groups excluding tert-OH is 1. The van der Waals surface area contributed by atoms with Crippen LogP contribution in [0.3, 0.4) is 0 Å². The highest BCUT2D eigenvalue weighted by molar-refractivity contribution is 5.94. The molecule has 0 bridgehead atoms. The molecule has 0 spiro atoms. The molecular weight excluding hydrogens is 296 g/mol. The summed E-state index contributed by atoms with van der Waals surface area (Å²) in [5.41, 5.74) is 1.34. The van der Waals surface area contributed by atoms with Gasteiger partial charge in [0.25, 0.3) is 5.91 Å². The Kier molecular flexibility index (Phi) is 5.71. The van der Waals surface area contributed by atoms with Gasteiger partial charge < -0.3 is 20.2 Å². The standard InChI is InChI=1S/C17H18N2O4/c1-18-17(22)13-7-4-12(5-8-13)6-9-16(21)19-11-14(20)15-3-2-10-23-15/h2-10,14,20H,11H2,1H3,(H,18,22)(H,19,21)/b9-6+. The van der Waals surface area contributed by atoms with Crippen molar-refractivity contribution in [1.82, 2.24) is 10.6 Å². The Morgan fingerprint density at radius 1 is 1.26 bits per heavy atom. The van der Waals surface area contributed by atoms with Crippen LogP contribution in [0.25, 0.3) is 6.08 Å². The van der Waals surface area contributed by atoms with Gasteiger partial charge in [-0.3, -0.25) is 9.59 Å². The molecule has 2 aromatic rings. The van der Waals surface area contributed by atoms with E-state index in [0.29, 0.717) is 11.3 Å². The lowest BCUT2D eigenvalue weighted by atomic mass is 10.1. The van der Waals surface area contributed by atoms with Crippen LogP contribution in [0.5, 0.6) is 0 Å². The van der Waals surface area contributed by atoms with Gasteiger partial charge in [0.2, 0.25) is 5.91 Å². The normalized spacial score (nSPS) is 12.1. The molecule has 1 unspecified atom stereocenters. The second kappa shape index (κ2) is 7.95. The van der Waals surface area contributed by atoms with E-state index in [0.717, 1.165) is 5.56 Å². The SMILES string of the molecule is CNC(=O)c1ccc(/C=C/C(=O)NCC(O)c2ccco2)cc1. The average molecular weight is 314 g/mol. The number of amides is 2. The third-order valence-corrected chi connectivity index (χ3v) is 3.17. The van der Waals surface area contributed by atoms with Crippen LogP contribution in [0.4, 0.5) is 0 Å². The van der Waals surface area contributed by atoms with E-state index in [4.69, 9.17) is 4.42 Å². The minimum absolute atomic E-state index is 0.0618. The molecule has 6 nitrogen and oxygen atoms in total. The molecule has 0 saturated heterocycles. The molecule has 0 aliphatic carbocycles. The van der Waals surface area contributed by atoms with Crippen LogP contribution in [0, 0.1) is 0 Å². The lowest BCUT2D eigenvalue weighted by Gasteiger charge is -2.07. The van der Waals surface area contributed by atoms with E-state index in [1.165, 1.54) is 12.3 Å². The number of aliphatic hydroxyl groups is 1. The minimum Gasteiger partial charge on any atom is -0.467 e. The number of hydrogen-bond acceptors (Lipinski definition) is 4. The first-order chi connectivity index (χ1) is 11.1. The number of hydrogen-bond donors (Lipinski definition) is 3. The Morgan fingerprint density at radius 2 is 2.00 bits per heavy atom. The maximum absolute atomic E-state index is 11.7. The van der Waals surface area contributed by atoms with Crippen LogP contribution in [0.1, 0.15) is 27.8 Å². The molecule has 0 aliphatic heterocycles. The van der Waals surface area contributed by atoms with Crippen LogP contribution in [-0.2, 0) is 4.79 Å². The van der Waals surface area contributed by atoms with E-state index in [9.17, 15) is 14.7 Å². The van der Waals surface area contributed by atoms with Crippen molar-refractivity contribution in [2.24, 2.45) is 0 Å². The Labute approximate surface area is 133 Å². The average Bonchev–Trinajstić information content (AvgIpc) is 3.12. The van der Waals surface area contributed by atoms with E-state index in [-0.39, 0.29) is 18.4 Å². The maximum Gasteiger partial charge on any atom is 0.251 e. The van der Waals surface area contributed by atoms with Crippen LogP contribution < -0.4 is 10.6 Å². The molecule has 3 N–H and O–H groups in total. The summed E-state index contributed by atoms with van der Waals surface area (Å²) in [5, 5.41) is 14.9. The van der Waals surface area contributed by atoms with Crippen molar-refractivity contribution in [3.8, 4) is 0 Å². The first-order valence-corrected chi connectivity index (χ1v) is 7.09. The summed E-state index contributed by atoms with van der Waals surface area (Å²) in [7, 11) is 1.57. The molecule has 0 aliphatic rings. The molecule has 120 valence electrons. The third-order valence-electron chi connectivity index (χ3n) is 3.17. The van der Waals surface area contributed by atoms with Gasteiger partial charge in [0.05, 0.1) is 12.8 Å². The Balaban J connectivity index is 1.84. The van der Waals surface area contributed by atoms with Crippen molar-refractivity contribution in [3.05, 3.63) is 65.6 Å². The van der Waals surface area contributed by atoms with Gasteiger partial charge in [-0.25, -0.2) is 0 Å². The van der Waals surface area contributed by atoms with Gasteiger partial charge in [0, 0.05) is 18.7 Å². The van der Waals surface area contributed by atoms with E-state index in [1.807, 2.05) is 0 Å². The number of benzene rings is 1. The first-order valence-electron chi connectivity index (χ1n) is 7.09. The van der Waals surface area contributed by atoms with Crippen LogP contribution in [-0.4, -0.2) is 30.5 Å². The third kappa shape index (κ3) is 4.82. The number of carbonyl (C=O) groups is 2. The predicted molar refractivity (Wildman–Crippen MR) is 85.5 cm³/mol. The Hall–Kier alpha value is -2.86. The van der Waals surface area contributed by atoms with Crippen molar-refractivity contribution in [2.75, 3.05) is 13.6 Å². The lowest BCUT2D eigenvalue weighted by Crippen LogP contribution is -2.26. The predicted octanol–water partition coefficient (Wildman–Crippen LogP) is 1.50. The highest BCUT2D eigenvalue weighted by Gasteiger charge is 2.10. The van der Waals surface area contributed by atoms with Gasteiger partial charge in [-0.05, 0) is 35.9 Å². The molecule has 2 amide bonds. The molecule has 1 aromatic carbocycles. The second-order valence-electron chi connectivity index (χ2n) is 4.81. The van der Waals surface area contributed by atoms with Crippen molar-refractivity contribution in [3.63, 3.8) is 0 Å². The van der Waals surface area contributed by atoms with Gasteiger partial charge >= 0.3 is 0 Å². The highest BCUT2D eigenvalue weighted by Crippen LogP contribution is 2.11. The zero-order chi connectivity index (χ0) is 16.7. The van der Waals surface area contributed by atoms with E-state index in [1.54, 1.807) is 49.5 Å². The molecular formula is C17H18N2O4. The summed E-state index contributed by atoms with van der Waals surface area (Å²) in [6, 6.07) is 10.1. The van der Waals surface area contributed by atoms with Gasteiger partial charge in [-0.15, -0.1) is 0 Å². The molecule has 0 fully saturated rings. The van der Waals surface area contributed by atoms with Crippen LogP contribution >= 0.6 is 0 Å². The van der Waals surface area contributed by atoms with Gasteiger partial charge in [-0.2, -0.15) is 0 Å². The Morgan fingerprint density at radius 3 is 2.61 bits per heavy atom. The number of furan rings is 1. The quantitative estimate of drug-likeness (QED) is 0.705. The summed E-state index contributed by atoms with van der Waals surface area (Å²) < 4.78 is 5.04. The topological polar surface area (TPSA) is 91.6 Å². The zero-order valence-corrected chi connectivity index (χ0v) is 12.7. The Bertz CT molecular complexity index is 675. The number of rotatable bonds is 6. The minimum atomic E-state index is -0.880. The maximum atomic E-state index is 11.7. The van der Waals surface area contributed by atoms with Crippen LogP contribution in [0.15, 0.2) is 53.2 Å². The van der Waals surface area contributed by atoms with Gasteiger partial charge in [0.1, 0.15) is 11.9 Å². The van der Waals surface area contributed by atoms with E-state index >= 15 is 0 Å². The fourth-order valence-electron chi connectivity index (χ4n) is 1.90. The zero-order valence-electron chi connectivity index (χ0n) is 12.7. The van der Waals surface area contributed by atoms with E-state index < -0.39 is 6.10 Å². The molecule has 1 atom stereocenters. The summed E-state index contributed by atoms with van der Waals surface area (Å²) >= 11 is 0. The highest BCUT2D eigenvalue weighted by atomic mass is 16.4. The van der Waals surface area contributed by atoms with Gasteiger partial charge in [0.15, 0.2) is 0 Å². The summed E-state index contributed by atoms with van der Waals surface area (Å²) in [6.45, 7) is 0.0618. The first kappa shape index (κ1) is 16.5. The molecule has 23 heavy (non-hydrogen) atoms. The largest absolute Gasteiger partial charge is 0.467 e. The van der Waals surface area contributed by atoms with Crippen molar-refractivity contribution in [2.45, 2.75) is 6.10 Å². The summed E-state index contributed by atoms with van der Waals surface area (Å²) in [6.07, 6.45) is 3.57. The number of carbonyl (C=O) groups excluding carboxylic acids is 2. The fourth-order valence-corrected chi connectivity index (χ4v) is 1.90. The van der Waals surface area contributed by atoms with Crippen LogP contribution in [0.2, 0.25) is 0 Å². The second-order valence-corrected chi connectivity index (χ2v) is 4.81. The smallest absolute Gasteiger partial charge is 0.251 e. The van der Waals surface area contributed by atoms with Crippen molar-refractivity contribution in [1.29, 1.82) is 0 Å². The molecule has 0 radical (unpaired) electrons.